The normalized spacial score (nSPS) is 5.62. The summed E-state index contributed by atoms with van der Waals surface area (Å²) in [6.07, 6.45) is 0.750. The van der Waals surface area contributed by atoms with Crippen molar-refractivity contribution in [2.45, 2.75) is 6.92 Å². The molecular weight excluding hydrogens is 122 g/mol. The second-order valence-corrected chi connectivity index (χ2v) is 1.42. The van der Waals surface area contributed by atoms with Crippen molar-refractivity contribution in [3.05, 3.63) is 12.3 Å². The lowest BCUT2D eigenvalue weighted by molar-refractivity contribution is 0.476. The lowest BCUT2D eigenvalue weighted by atomic mass is 10.7. The fourth-order valence-electron chi connectivity index (χ4n) is 0. The van der Waals surface area contributed by atoms with E-state index in [2.05, 4.69) is 6.58 Å². The molecule has 0 saturated carbocycles. The monoisotopic (exact) mass is 131 g/mol. The molecule has 8 heavy (non-hydrogen) atoms. The Morgan fingerprint density at radius 3 is 2.12 bits per heavy atom. The van der Waals surface area contributed by atoms with Crippen molar-refractivity contribution in [2.24, 2.45) is 0 Å². The predicted molar refractivity (Wildman–Crippen MR) is 34.3 cm³/mol. The third-order valence-electron chi connectivity index (χ3n) is 0.348. The van der Waals surface area contributed by atoms with Gasteiger partial charge >= 0.3 is 0 Å². The Morgan fingerprint density at radius 2 is 2.12 bits per heavy atom. The summed E-state index contributed by atoms with van der Waals surface area (Å²) in [4.78, 5) is 8.35. The Labute approximate surface area is 51.4 Å². The highest BCUT2D eigenvalue weighted by Crippen LogP contribution is 1.79. The van der Waals surface area contributed by atoms with Gasteiger partial charge in [0.05, 0.1) is 5.76 Å². The van der Waals surface area contributed by atoms with Crippen LogP contribution in [0.3, 0.4) is 0 Å². The largest absolute Gasteiger partial charge is 0.557 e. The Kier molecular flexibility index (Phi) is 12.0. The minimum Gasteiger partial charge on any atom is -0.557 e. The highest BCUT2D eigenvalue weighted by atomic mass is 28.2. The zero-order chi connectivity index (χ0) is 6.99. The Bertz CT molecular complexity index is 96.2. The van der Waals surface area contributed by atoms with Gasteiger partial charge in [0, 0.05) is 0 Å². The van der Waals surface area contributed by atoms with E-state index in [4.69, 9.17) is 14.6 Å². The Morgan fingerprint density at radius 1 is 2.00 bits per heavy atom. The number of carbonyl (C=O) groups excluding carboxylic acids is 1. The molecule has 0 bridgehead atoms. The lowest BCUT2D eigenvalue weighted by Gasteiger charge is -1.89. The highest BCUT2D eigenvalue weighted by Gasteiger charge is 1.64. The maximum atomic E-state index is 8.35. The molecular formula is C4H9NO2Si. The van der Waals surface area contributed by atoms with Crippen LogP contribution in [0.4, 0.5) is 0 Å². The van der Waals surface area contributed by atoms with Crippen LogP contribution in [-0.2, 0) is 9.22 Å². The minimum atomic E-state index is 0.750. The van der Waals surface area contributed by atoms with Gasteiger partial charge in [-0.1, -0.05) is 6.58 Å². The fraction of sp³-hybridized carbons (Fsp3) is 0.250. The van der Waals surface area contributed by atoms with E-state index in [1.54, 1.807) is 0 Å². The van der Waals surface area contributed by atoms with Crippen molar-refractivity contribution >= 4 is 16.6 Å². The second kappa shape index (κ2) is 9.46. The van der Waals surface area contributed by atoms with Crippen LogP contribution in [0.1, 0.15) is 6.92 Å². The van der Waals surface area contributed by atoms with Gasteiger partial charge in [-0.25, -0.2) is 10.2 Å². The zero-order valence-corrected chi connectivity index (χ0v) is 7.02. The Hall–Kier alpha value is -0.863. The molecule has 0 atom stereocenters. The summed E-state index contributed by atoms with van der Waals surface area (Å²) in [6.45, 7) is 5.33. The van der Waals surface area contributed by atoms with Crippen LogP contribution >= 0.6 is 0 Å². The number of allylic oxidation sites excluding steroid dienone is 1. The zero-order valence-electron chi connectivity index (χ0n) is 5.02. The molecule has 0 heterocycles. The average molecular weight is 131 g/mol. The van der Waals surface area contributed by atoms with Crippen LogP contribution in [-0.4, -0.2) is 16.6 Å². The molecule has 0 aromatic heterocycles. The average Bonchev–Trinajstić information content (AvgIpc) is 1.69. The molecule has 0 fully saturated rings. The van der Waals surface area contributed by atoms with Gasteiger partial charge in [-0.3, -0.25) is 0 Å². The van der Waals surface area contributed by atoms with Crippen molar-refractivity contribution in [1.82, 2.24) is 0 Å². The van der Waals surface area contributed by atoms with Gasteiger partial charge < -0.3 is 4.43 Å². The first-order valence-corrected chi connectivity index (χ1v) is 2.74. The smallest absolute Gasteiger partial charge is 0.231 e. The molecule has 0 spiro atoms. The number of rotatable bonds is 1. The van der Waals surface area contributed by atoms with Crippen molar-refractivity contribution in [3.63, 3.8) is 0 Å². The molecule has 3 nitrogen and oxygen atoms in total. The third kappa shape index (κ3) is 68.0. The van der Waals surface area contributed by atoms with Crippen LogP contribution in [0.5, 0.6) is 0 Å². The summed E-state index contributed by atoms with van der Waals surface area (Å²) in [6, 6.07) is 0. The maximum absolute atomic E-state index is 8.35. The van der Waals surface area contributed by atoms with Crippen LogP contribution in [0, 0.1) is 5.41 Å². The van der Waals surface area contributed by atoms with Crippen LogP contribution in [0.2, 0.25) is 0 Å². The summed E-state index contributed by atoms with van der Waals surface area (Å²) >= 11 is 0. The van der Waals surface area contributed by atoms with Gasteiger partial charge in [-0.05, 0) is 6.92 Å². The summed E-state index contributed by atoms with van der Waals surface area (Å²) in [5.74, 6) is 0.816. The van der Waals surface area contributed by atoms with Crippen LogP contribution < -0.4 is 0 Å². The Balaban J connectivity index is 0. The van der Waals surface area contributed by atoms with E-state index < -0.39 is 0 Å². The molecule has 0 aliphatic heterocycles. The van der Waals surface area contributed by atoms with Gasteiger partial charge in [0.1, 0.15) is 0 Å². The SMILES string of the molecule is C=C(C)O[SiH3].N=C=O. The van der Waals surface area contributed by atoms with Crippen molar-refractivity contribution in [1.29, 1.82) is 5.41 Å². The third-order valence-corrected chi connectivity index (χ3v) is 1.05. The highest BCUT2D eigenvalue weighted by molar-refractivity contribution is 5.98. The van der Waals surface area contributed by atoms with E-state index in [9.17, 15) is 0 Å². The molecule has 0 aliphatic carbocycles. The summed E-state index contributed by atoms with van der Waals surface area (Å²) in [5, 5.41) is 5.40. The number of isocyanates is 1. The quantitative estimate of drug-likeness (QED) is 0.230. The van der Waals surface area contributed by atoms with E-state index in [1.165, 1.54) is 0 Å². The molecule has 0 unspecified atom stereocenters. The number of hydrogen-bond donors (Lipinski definition) is 1. The molecule has 0 aliphatic rings. The van der Waals surface area contributed by atoms with Gasteiger partial charge in [0.15, 0.2) is 0 Å². The molecule has 0 amide bonds. The van der Waals surface area contributed by atoms with Gasteiger partial charge in [-0.2, -0.15) is 0 Å². The summed E-state index contributed by atoms with van der Waals surface area (Å²) in [5.41, 5.74) is 0. The molecule has 0 aromatic carbocycles. The predicted octanol–water partition coefficient (Wildman–Crippen LogP) is -0.282. The van der Waals surface area contributed by atoms with Crippen molar-refractivity contribution in [3.8, 4) is 0 Å². The second-order valence-electron chi connectivity index (χ2n) is 1.01. The molecule has 0 rings (SSSR count). The molecule has 1 N–H and O–H groups in total. The summed E-state index contributed by atoms with van der Waals surface area (Å²) in [7, 11) is 0.774. The summed E-state index contributed by atoms with van der Waals surface area (Å²) < 4.78 is 4.69. The van der Waals surface area contributed by atoms with Crippen molar-refractivity contribution in [2.75, 3.05) is 0 Å². The molecule has 0 radical (unpaired) electrons. The molecule has 4 heteroatoms. The van der Waals surface area contributed by atoms with Gasteiger partial charge in [-0.15, -0.1) is 0 Å². The topological polar surface area (TPSA) is 50.1 Å². The minimum absolute atomic E-state index is 0.750. The van der Waals surface area contributed by atoms with E-state index in [0.29, 0.717) is 0 Å². The maximum Gasteiger partial charge on any atom is 0.231 e. The standard InChI is InChI=1S/C3H8OSi.CHNO/c1-3(2)4-5;2-1-3/h1H2,2,5H3;2H. The van der Waals surface area contributed by atoms with E-state index in [1.807, 2.05) is 6.92 Å². The number of nitrogens with one attached hydrogen (secondary N) is 1. The fourth-order valence-corrected chi connectivity index (χ4v) is 0. The first-order chi connectivity index (χ1) is 3.68. The van der Waals surface area contributed by atoms with Crippen LogP contribution in [0.15, 0.2) is 12.3 Å². The van der Waals surface area contributed by atoms with Gasteiger partial charge in [0.25, 0.3) is 0 Å². The lowest BCUT2D eigenvalue weighted by Crippen LogP contribution is -1.73. The molecule has 0 aromatic rings. The van der Waals surface area contributed by atoms with E-state index in [0.717, 1.165) is 22.3 Å². The first kappa shape index (κ1) is 10.2. The molecule has 0 saturated heterocycles. The van der Waals surface area contributed by atoms with E-state index >= 15 is 0 Å². The van der Waals surface area contributed by atoms with Crippen molar-refractivity contribution < 1.29 is 9.22 Å². The first-order valence-electron chi connectivity index (χ1n) is 1.92. The van der Waals surface area contributed by atoms with Crippen LogP contribution in [0.25, 0.3) is 0 Å². The number of hydrogen-bond acceptors (Lipinski definition) is 3. The van der Waals surface area contributed by atoms with E-state index in [-0.39, 0.29) is 0 Å². The van der Waals surface area contributed by atoms with Gasteiger partial charge in [0.2, 0.25) is 16.6 Å². The molecule has 46 valence electrons.